The van der Waals surface area contributed by atoms with Crippen molar-refractivity contribution in [3.05, 3.63) is 0 Å². The summed E-state index contributed by atoms with van der Waals surface area (Å²) in [4.78, 5) is 0. The fourth-order valence-corrected chi connectivity index (χ4v) is 3.23. The molecule has 11 heavy (non-hydrogen) atoms. The van der Waals surface area contributed by atoms with E-state index in [-0.39, 0.29) is 5.54 Å². The van der Waals surface area contributed by atoms with Crippen LogP contribution in [0, 0.1) is 17.3 Å². The zero-order valence-corrected chi connectivity index (χ0v) is 7.85. The fraction of sp³-hybridized carbons (Fsp3) is 1.00. The van der Waals surface area contributed by atoms with E-state index in [1.165, 1.54) is 19.3 Å². The quantitative estimate of drug-likeness (QED) is 0.567. The van der Waals surface area contributed by atoms with E-state index >= 15 is 0 Å². The van der Waals surface area contributed by atoms with Gasteiger partial charge in [-0.05, 0) is 36.5 Å². The molecule has 0 heterocycles. The van der Waals surface area contributed by atoms with Crippen molar-refractivity contribution in [2.24, 2.45) is 23.0 Å². The molecule has 0 spiro atoms. The Balaban J connectivity index is 2.34. The number of rotatable bonds is 0. The number of fused-ring (bicyclic) bond motifs is 2. The third kappa shape index (κ3) is 0.752. The highest BCUT2D eigenvalue weighted by atomic mass is 14.8. The van der Waals surface area contributed by atoms with Crippen LogP contribution < -0.4 is 5.73 Å². The maximum Gasteiger partial charge on any atom is 0.0188 e. The smallest absolute Gasteiger partial charge is 0.0188 e. The number of nitrogens with two attached hydrogens (primary N) is 1. The third-order valence-corrected chi connectivity index (χ3v) is 4.62. The van der Waals surface area contributed by atoms with E-state index in [2.05, 4.69) is 20.8 Å². The Morgan fingerprint density at radius 1 is 1.36 bits per heavy atom. The zero-order valence-electron chi connectivity index (χ0n) is 7.85. The van der Waals surface area contributed by atoms with Crippen molar-refractivity contribution in [2.75, 3.05) is 0 Å². The second-order valence-electron chi connectivity index (χ2n) is 5.22. The van der Waals surface area contributed by atoms with Gasteiger partial charge in [-0.2, -0.15) is 0 Å². The van der Waals surface area contributed by atoms with Crippen molar-refractivity contribution in [3.63, 3.8) is 0 Å². The molecule has 0 aromatic carbocycles. The van der Waals surface area contributed by atoms with Crippen LogP contribution in [0.3, 0.4) is 0 Å². The first-order valence-electron chi connectivity index (χ1n) is 4.76. The molecule has 2 bridgehead atoms. The van der Waals surface area contributed by atoms with E-state index in [9.17, 15) is 0 Å². The van der Waals surface area contributed by atoms with E-state index in [0.717, 1.165) is 5.92 Å². The molecule has 0 aliphatic heterocycles. The standard InChI is InChI=1S/C10H19N/c1-7-9(2,3)8-4-5-10(7,11)6-8/h7-8H,4-6,11H2,1-3H3/t7-,8?,10?/m0/s1. The maximum atomic E-state index is 6.32. The van der Waals surface area contributed by atoms with Crippen LogP contribution in [-0.2, 0) is 0 Å². The highest BCUT2D eigenvalue weighted by Crippen LogP contribution is 2.59. The fourth-order valence-electron chi connectivity index (χ4n) is 3.23. The molecule has 2 N–H and O–H groups in total. The summed E-state index contributed by atoms with van der Waals surface area (Å²) < 4.78 is 0. The molecule has 2 aliphatic carbocycles. The molecule has 2 rings (SSSR count). The van der Waals surface area contributed by atoms with Gasteiger partial charge in [0.05, 0.1) is 0 Å². The lowest BCUT2D eigenvalue weighted by molar-refractivity contribution is 0.123. The highest BCUT2D eigenvalue weighted by Gasteiger charge is 2.57. The molecule has 64 valence electrons. The van der Waals surface area contributed by atoms with E-state index in [1.807, 2.05) is 0 Å². The van der Waals surface area contributed by atoms with Crippen LogP contribution in [0.4, 0.5) is 0 Å². The first kappa shape index (κ1) is 7.60. The van der Waals surface area contributed by atoms with Gasteiger partial charge in [0.15, 0.2) is 0 Å². The second-order valence-corrected chi connectivity index (χ2v) is 5.22. The van der Waals surface area contributed by atoms with Gasteiger partial charge in [0.2, 0.25) is 0 Å². The molecule has 1 heteroatoms. The Labute approximate surface area is 69.4 Å². The minimum absolute atomic E-state index is 0.203. The van der Waals surface area contributed by atoms with Crippen LogP contribution in [0.15, 0.2) is 0 Å². The molecule has 2 aliphatic rings. The Morgan fingerprint density at radius 3 is 2.27 bits per heavy atom. The molecule has 1 nitrogen and oxygen atoms in total. The molecule has 0 aromatic rings. The summed E-state index contributed by atoms with van der Waals surface area (Å²) in [7, 11) is 0. The van der Waals surface area contributed by atoms with Crippen molar-refractivity contribution >= 4 is 0 Å². The number of hydrogen-bond acceptors (Lipinski definition) is 1. The van der Waals surface area contributed by atoms with Crippen LogP contribution in [0.2, 0.25) is 0 Å². The summed E-state index contributed by atoms with van der Waals surface area (Å²) in [5.41, 5.74) is 7.03. The lowest BCUT2D eigenvalue weighted by Crippen LogP contribution is -2.46. The number of hydrogen-bond donors (Lipinski definition) is 1. The van der Waals surface area contributed by atoms with Gasteiger partial charge in [0.1, 0.15) is 0 Å². The summed E-state index contributed by atoms with van der Waals surface area (Å²) in [5, 5.41) is 0. The maximum absolute atomic E-state index is 6.32. The lowest BCUT2D eigenvalue weighted by Gasteiger charge is -2.40. The van der Waals surface area contributed by atoms with Gasteiger partial charge in [-0.25, -0.2) is 0 Å². The first-order chi connectivity index (χ1) is 4.97. The highest BCUT2D eigenvalue weighted by molar-refractivity contribution is 5.11. The predicted molar refractivity (Wildman–Crippen MR) is 47.2 cm³/mol. The largest absolute Gasteiger partial charge is 0.325 e. The van der Waals surface area contributed by atoms with Crippen molar-refractivity contribution in [1.29, 1.82) is 0 Å². The average molecular weight is 153 g/mol. The van der Waals surface area contributed by atoms with Crippen LogP contribution in [-0.4, -0.2) is 5.54 Å². The van der Waals surface area contributed by atoms with Crippen LogP contribution >= 0.6 is 0 Å². The van der Waals surface area contributed by atoms with Gasteiger partial charge in [-0.3, -0.25) is 0 Å². The summed E-state index contributed by atoms with van der Waals surface area (Å²) in [6, 6.07) is 0. The molecule has 0 radical (unpaired) electrons. The van der Waals surface area contributed by atoms with Gasteiger partial charge in [0.25, 0.3) is 0 Å². The first-order valence-corrected chi connectivity index (χ1v) is 4.76. The van der Waals surface area contributed by atoms with Crippen LogP contribution in [0.25, 0.3) is 0 Å². The van der Waals surface area contributed by atoms with Gasteiger partial charge >= 0.3 is 0 Å². The Bertz CT molecular complexity index is 181. The van der Waals surface area contributed by atoms with Crippen molar-refractivity contribution in [3.8, 4) is 0 Å². The Hall–Kier alpha value is -0.0400. The van der Waals surface area contributed by atoms with E-state index < -0.39 is 0 Å². The second kappa shape index (κ2) is 1.82. The van der Waals surface area contributed by atoms with Gasteiger partial charge in [-0.1, -0.05) is 20.8 Å². The molecule has 2 saturated carbocycles. The zero-order chi connectivity index (χ0) is 8.28. The molecule has 0 amide bonds. The summed E-state index contributed by atoms with van der Waals surface area (Å²) in [6.07, 6.45) is 3.91. The minimum Gasteiger partial charge on any atom is -0.325 e. The summed E-state index contributed by atoms with van der Waals surface area (Å²) >= 11 is 0. The minimum atomic E-state index is 0.203. The van der Waals surface area contributed by atoms with E-state index in [4.69, 9.17) is 5.73 Å². The molecule has 0 saturated heterocycles. The third-order valence-electron chi connectivity index (χ3n) is 4.62. The normalized spacial score (nSPS) is 53.5. The molecule has 2 unspecified atom stereocenters. The SMILES string of the molecule is C[C@@H]1C2(N)CCC(C2)C1(C)C. The molecule has 3 atom stereocenters. The molecule has 0 aromatic heterocycles. The summed E-state index contributed by atoms with van der Waals surface area (Å²) in [5.74, 6) is 1.62. The average Bonchev–Trinajstić information content (AvgIpc) is 2.36. The van der Waals surface area contributed by atoms with Crippen molar-refractivity contribution < 1.29 is 0 Å². The predicted octanol–water partition coefficient (Wildman–Crippen LogP) is 2.16. The van der Waals surface area contributed by atoms with Gasteiger partial charge in [0, 0.05) is 5.54 Å². The van der Waals surface area contributed by atoms with E-state index in [1.54, 1.807) is 0 Å². The van der Waals surface area contributed by atoms with Crippen molar-refractivity contribution in [1.82, 2.24) is 0 Å². The molecular weight excluding hydrogens is 134 g/mol. The van der Waals surface area contributed by atoms with E-state index in [0.29, 0.717) is 11.3 Å². The monoisotopic (exact) mass is 153 g/mol. The Kier molecular flexibility index (Phi) is 1.26. The molecular formula is C10H19N. The van der Waals surface area contributed by atoms with Crippen LogP contribution in [0.1, 0.15) is 40.0 Å². The topological polar surface area (TPSA) is 26.0 Å². The lowest BCUT2D eigenvalue weighted by atomic mass is 9.68. The Morgan fingerprint density at radius 2 is 2.00 bits per heavy atom. The van der Waals surface area contributed by atoms with Crippen LogP contribution in [0.5, 0.6) is 0 Å². The van der Waals surface area contributed by atoms with Gasteiger partial charge in [-0.15, -0.1) is 0 Å². The molecule has 2 fully saturated rings. The van der Waals surface area contributed by atoms with Crippen molar-refractivity contribution in [2.45, 2.75) is 45.6 Å². The van der Waals surface area contributed by atoms with Gasteiger partial charge < -0.3 is 5.73 Å². The summed E-state index contributed by atoms with van der Waals surface area (Å²) in [6.45, 7) is 7.10.